The second-order valence-corrected chi connectivity index (χ2v) is 8.64. The van der Waals surface area contributed by atoms with Crippen LogP contribution in [0.3, 0.4) is 0 Å². The van der Waals surface area contributed by atoms with E-state index in [9.17, 15) is 9.59 Å². The lowest BCUT2D eigenvalue weighted by molar-refractivity contribution is -0.122. The minimum absolute atomic E-state index is 0. The molecule has 2 amide bonds. The molecule has 8 heteroatoms. The maximum absolute atomic E-state index is 12.7. The van der Waals surface area contributed by atoms with E-state index in [1.165, 1.54) is 6.08 Å². The van der Waals surface area contributed by atoms with Gasteiger partial charge in [0.05, 0.1) is 13.2 Å². The summed E-state index contributed by atoms with van der Waals surface area (Å²) in [5, 5.41) is 7.77. The summed E-state index contributed by atoms with van der Waals surface area (Å²) >= 11 is 1.58. The molecule has 2 atom stereocenters. The number of rotatable bonds is 11. The van der Waals surface area contributed by atoms with Crippen LogP contribution in [0.5, 0.6) is 5.75 Å². The maximum atomic E-state index is 12.7. The van der Waals surface area contributed by atoms with Crippen LogP contribution in [0, 0.1) is 0 Å². The number of carbonyl (C=O) groups is 2. The molecule has 0 aliphatic heterocycles. The molecule has 3 rings (SSSR count). The van der Waals surface area contributed by atoms with Gasteiger partial charge in [0, 0.05) is 29.1 Å². The van der Waals surface area contributed by atoms with Gasteiger partial charge in [-0.2, -0.15) is 0 Å². The molecular weight excluding hydrogens is 470 g/mol. The van der Waals surface area contributed by atoms with Gasteiger partial charge in [0.2, 0.25) is 11.8 Å². The van der Waals surface area contributed by atoms with Gasteiger partial charge < -0.3 is 21.1 Å². The number of carbonyl (C=O) groups excluding carboxylic acids is 2. The zero-order chi connectivity index (χ0) is 23.5. The summed E-state index contributed by atoms with van der Waals surface area (Å²) < 4.78 is 5.13. The molecule has 34 heavy (non-hydrogen) atoms. The fourth-order valence-electron chi connectivity index (χ4n) is 3.27. The number of aryl methyl sites for hydroxylation is 1. The molecule has 4 N–H and O–H groups in total. The molecule has 2 aromatic carbocycles. The Hall–Kier alpha value is -3.13. The van der Waals surface area contributed by atoms with E-state index >= 15 is 0 Å². The second kappa shape index (κ2) is 14.2. The summed E-state index contributed by atoms with van der Waals surface area (Å²) in [7, 11) is 1.59. The third-order valence-electron chi connectivity index (χ3n) is 5.09. The molecule has 0 unspecified atom stereocenters. The van der Waals surface area contributed by atoms with Gasteiger partial charge in [0.1, 0.15) is 5.75 Å². The highest BCUT2D eigenvalue weighted by atomic mass is 35.5. The van der Waals surface area contributed by atoms with E-state index in [1.807, 2.05) is 47.8 Å². The first kappa shape index (κ1) is 27.1. The Morgan fingerprint density at radius 1 is 1.06 bits per heavy atom. The normalized spacial score (nSPS) is 12.4. The summed E-state index contributed by atoms with van der Waals surface area (Å²) in [6.45, 7) is 0. The van der Waals surface area contributed by atoms with E-state index in [1.54, 1.807) is 48.8 Å². The topological polar surface area (TPSA) is 93.5 Å². The summed E-state index contributed by atoms with van der Waals surface area (Å²) in [6, 6.07) is 20.0. The van der Waals surface area contributed by atoms with Gasteiger partial charge in [-0.05, 0) is 54.1 Å². The molecule has 1 aromatic heterocycles. The first-order valence-corrected chi connectivity index (χ1v) is 11.7. The second-order valence-electron chi connectivity index (χ2n) is 7.61. The van der Waals surface area contributed by atoms with Gasteiger partial charge in [-0.15, -0.1) is 23.7 Å². The Morgan fingerprint density at radius 3 is 2.44 bits per heavy atom. The van der Waals surface area contributed by atoms with Crippen molar-refractivity contribution in [1.29, 1.82) is 0 Å². The van der Waals surface area contributed by atoms with Crippen molar-refractivity contribution < 1.29 is 14.3 Å². The highest BCUT2D eigenvalue weighted by Crippen LogP contribution is 2.15. The third kappa shape index (κ3) is 9.02. The Bertz CT molecular complexity index is 1040. The molecule has 0 saturated heterocycles. The smallest absolute Gasteiger partial charge is 0.248 e. The lowest BCUT2D eigenvalue weighted by atomic mass is 10.0. The van der Waals surface area contributed by atoms with Crippen molar-refractivity contribution in [2.75, 3.05) is 12.4 Å². The van der Waals surface area contributed by atoms with E-state index in [4.69, 9.17) is 10.5 Å². The zero-order valence-electron chi connectivity index (χ0n) is 19.0. The summed E-state index contributed by atoms with van der Waals surface area (Å²) in [6.07, 6.45) is 5.06. The average Bonchev–Trinajstić information content (AvgIpc) is 3.35. The minimum Gasteiger partial charge on any atom is -0.497 e. The number of hydrogen-bond acceptors (Lipinski definition) is 5. The SMILES string of the molecule is COc1ccc(NC(=O)/C=C/[C@H](CCc2ccccc2)NC(=O)[C@@H](N)Cc2cccs2)cc1.Cl. The number of halogens is 1. The predicted octanol–water partition coefficient (Wildman–Crippen LogP) is 4.36. The predicted molar refractivity (Wildman–Crippen MR) is 141 cm³/mol. The van der Waals surface area contributed by atoms with Gasteiger partial charge >= 0.3 is 0 Å². The molecule has 180 valence electrons. The van der Waals surface area contributed by atoms with Gasteiger partial charge in [-0.1, -0.05) is 42.5 Å². The van der Waals surface area contributed by atoms with E-state index in [-0.39, 0.29) is 30.3 Å². The van der Waals surface area contributed by atoms with Crippen molar-refractivity contribution in [2.45, 2.75) is 31.3 Å². The number of methoxy groups -OCH3 is 1. The molecular formula is C26H30ClN3O3S. The number of nitrogens with two attached hydrogens (primary N) is 1. The number of hydrogen-bond donors (Lipinski definition) is 3. The van der Waals surface area contributed by atoms with Crippen molar-refractivity contribution >= 4 is 41.2 Å². The van der Waals surface area contributed by atoms with Crippen molar-refractivity contribution in [3.8, 4) is 5.75 Å². The molecule has 0 aliphatic rings. The highest BCUT2D eigenvalue weighted by molar-refractivity contribution is 7.09. The minimum atomic E-state index is -0.649. The molecule has 0 aliphatic carbocycles. The lowest BCUT2D eigenvalue weighted by Gasteiger charge is -2.18. The molecule has 0 radical (unpaired) electrons. The van der Waals surface area contributed by atoms with Gasteiger partial charge in [-0.3, -0.25) is 9.59 Å². The number of benzene rings is 2. The molecule has 3 aromatic rings. The van der Waals surface area contributed by atoms with Crippen LogP contribution in [0.15, 0.2) is 84.3 Å². The van der Waals surface area contributed by atoms with Crippen molar-refractivity contribution in [1.82, 2.24) is 5.32 Å². The average molecular weight is 500 g/mol. The zero-order valence-corrected chi connectivity index (χ0v) is 20.6. The number of nitrogens with one attached hydrogen (secondary N) is 2. The van der Waals surface area contributed by atoms with E-state index in [2.05, 4.69) is 10.6 Å². The lowest BCUT2D eigenvalue weighted by Crippen LogP contribution is -2.46. The molecule has 0 bridgehead atoms. The van der Waals surface area contributed by atoms with Crippen LogP contribution in [0.4, 0.5) is 5.69 Å². The van der Waals surface area contributed by atoms with Gasteiger partial charge in [0.25, 0.3) is 0 Å². The molecule has 1 heterocycles. The first-order chi connectivity index (χ1) is 16.0. The van der Waals surface area contributed by atoms with Crippen molar-refractivity contribution in [3.63, 3.8) is 0 Å². The van der Waals surface area contributed by atoms with Crippen LogP contribution < -0.4 is 21.1 Å². The maximum Gasteiger partial charge on any atom is 0.248 e. The van der Waals surface area contributed by atoms with Crippen LogP contribution in [0.25, 0.3) is 0 Å². The number of ether oxygens (including phenoxy) is 1. The van der Waals surface area contributed by atoms with Gasteiger partial charge in [-0.25, -0.2) is 0 Å². The standard InChI is InChI=1S/C26H29N3O3S.ClH/c1-32-22-14-11-20(12-15-22)28-25(30)16-13-21(10-9-19-6-3-2-4-7-19)29-26(31)24(27)18-23-8-5-17-33-23;/h2-8,11-17,21,24H,9-10,18,27H2,1H3,(H,28,30)(H,29,31);1H/b16-13+;/t21-,24-;/m0./s1. The summed E-state index contributed by atoms with van der Waals surface area (Å²) in [5.41, 5.74) is 7.95. The number of anilines is 1. The largest absolute Gasteiger partial charge is 0.497 e. The van der Waals surface area contributed by atoms with Crippen LogP contribution >= 0.6 is 23.7 Å². The van der Waals surface area contributed by atoms with Crippen LogP contribution in [0.2, 0.25) is 0 Å². The van der Waals surface area contributed by atoms with Crippen molar-refractivity contribution in [3.05, 3.63) is 94.7 Å². The Morgan fingerprint density at radius 2 is 1.79 bits per heavy atom. The van der Waals surface area contributed by atoms with E-state index in [0.717, 1.165) is 16.9 Å². The molecule has 6 nitrogen and oxygen atoms in total. The van der Waals surface area contributed by atoms with Crippen LogP contribution in [-0.2, 0) is 22.4 Å². The van der Waals surface area contributed by atoms with Crippen LogP contribution in [-0.4, -0.2) is 31.0 Å². The fraction of sp³-hybridized carbons (Fsp3) is 0.231. The van der Waals surface area contributed by atoms with Crippen LogP contribution in [0.1, 0.15) is 16.9 Å². The Labute approximate surface area is 210 Å². The van der Waals surface area contributed by atoms with E-state index in [0.29, 0.717) is 24.3 Å². The fourth-order valence-corrected chi connectivity index (χ4v) is 4.04. The quantitative estimate of drug-likeness (QED) is 0.342. The Balaban J connectivity index is 0.00000408. The monoisotopic (exact) mass is 499 g/mol. The molecule has 0 saturated carbocycles. The number of thiophene rings is 1. The highest BCUT2D eigenvalue weighted by Gasteiger charge is 2.18. The van der Waals surface area contributed by atoms with E-state index < -0.39 is 6.04 Å². The third-order valence-corrected chi connectivity index (χ3v) is 5.99. The van der Waals surface area contributed by atoms with Crippen molar-refractivity contribution in [2.24, 2.45) is 5.73 Å². The van der Waals surface area contributed by atoms with Gasteiger partial charge in [0.15, 0.2) is 0 Å². The Kier molecular flexibility index (Phi) is 11.3. The summed E-state index contributed by atoms with van der Waals surface area (Å²) in [5.74, 6) is 0.204. The number of amides is 2. The summed E-state index contributed by atoms with van der Waals surface area (Å²) in [4.78, 5) is 26.2. The first-order valence-electron chi connectivity index (χ1n) is 10.8. The molecule has 0 spiro atoms. The molecule has 0 fully saturated rings.